The molecule has 1 aromatic carbocycles. The van der Waals surface area contributed by atoms with Crippen molar-refractivity contribution in [3.05, 3.63) is 29.6 Å². The number of carbonyl (C=O) groups is 2. The molecule has 2 amide bonds. The molecule has 1 N–H and O–H groups in total. The van der Waals surface area contributed by atoms with Crippen molar-refractivity contribution in [1.29, 1.82) is 0 Å². The summed E-state index contributed by atoms with van der Waals surface area (Å²) in [6.07, 6.45) is 5.78. The average Bonchev–Trinajstić information content (AvgIpc) is 2.62. The summed E-state index contributed by atoms with van der Waals surface area (Å²) in [5.41, 5.74) is 0.879. The number of urea groups is 1. The summed E-state index contributed by atoms with van der Waals surface area (Å²) in [5, 5.41) is 3.13. The van der Waals surface area contributed by atoms with Gasteiger partial charge >= 0.3 is 6.03 Å². The van der Waals surface area contributed by atoms with Gasteiger partial charge in [0, 0.05) is 37.8 Å². The first kappa shape index (κ1) is 17.7. The predicted octanol–water partition coefficient (Wildman–Crippen LogP) is 3.19. The Morgan fingerprint density at radius 3 is 2.36 bits per heavy atom. The molecule has 1 aliphatic carbocycles. The van der Waals surface area contributed by atoms with Crippen LogP contribution in [0.25, 0.3) is 0 Å². The lowest BCUT2D eigenvalue weighted by Crippen LogP contribution is -2.53. The van der Waals surface area contributed by atoms with E-state index in [0.29, 0.717) is 43.5 Å². The van der Waals surface area contributed by atoms with E-state index in [1.54, 1.807) is 12.1 Å². The van der Waals surface area contributed by atoms with Crippen LogP contribution in [0.4, 0.5) is 14.9 Å². The van der Waals surface area contributed by atoms with E-state index in [1.165, 1.54) is 32.3 Å². The van der Waals surface area contributed by atoms with Crippen LogP contribution in [0.5, 0.6) is 0 Å². The maximum absolute atomic E-state index is 14.3. The fourth-order valence-corrected chi connectivity index (χ4v) is 3.65. The Hall–Kier alpha value is -2.11. The Morgan fingerprint density at radius 1 is 1.08 bits per heavy atom. The van der Waals surface area contributed by atoms with Crippen molar-refractivity contribution in [2.24, 2.45) is 0 Å². The molecule has 2 fully saturated rings. The third-order valence-electron chi connectivity index (χ3n) is 5.19. The minimum atomic E-state index is -0.382. The number of hydrogen-bond donors (Lipinski definition) is 1. The number of nitrogens with one attached hydrogen (secondary N) is 1. The summed E-state index contributed by atoms with van der Waals surface area (Å²) in [6, 6.07) is 4.90. The highest BCUT2D eigenvalue weighted by Crippen LogP contribution is 2.23. The molecule has 1 heterocycles. The molecule has 2 aliphatic rings. The molecule has 0 atom stereocenters. The van der Waals surface area contributed by atoms with E-state index in [1.807, 2.05) is 9.80 Å². The third-order valence-corrected chi connectivity index (χ3v) is 5.19. The van der Waals surface area contributed by atoms with E-state index >= 15 is 0 Å². The van der Waals surface area contributed by atoms with Crippen LogP contribution in [0.2, 0.25) is 0 Å². The van der Waals surface area contributed by atoms with Crippen LogP contribution >= 0.6 is 0 Å². The number of anilines is 1. The molecule has 1 aromatic rings. The number of Topliss-reactive ketones (excluding diaryl/α,β-unsaturated/α-hetero) is 1. The summed E-state index contributed by atoms with van der Waals surface area (Å²) >= 11 is 0. The quantitative estimate of drug-likeness (QED) is 0.855. The van der Waals surface area contributed by atoms with E-state index in [4.69, 9.17) is 0 Å². The summed E-state index contributed by atoms with van der Waals surface area (Å²) in [4.78, 5) is 27.5. The number of ketones is 1. The molecule has 0 aromatic heterocycles. The number of rotatable bonds is 3. The molecule has 0 spiro atoms. The van der Waals surface area contributed by atoms with Crippen molar-refractivity contribution in [1.82, 2.24) is 10.2 Å². The van der Waals surface area contributed by atoms with E-state index < -0.39 is 0 Å². The zero-order valence-electron chi connectivity index (χ0n) is 14.8. The van der Waals surface area contributed by atoms with Crippen LogP contribution in [0.1, 0.15) is 49.4 Å². The highest BCUT2D eigenvalue weighted by Gasteiger charge is 2.25. The number of nitrogens with zero attached hydrogens (tertiary/aromatic N) is 2. The van der Waals surface area contributed by atoms with Gasteiger partial charge in [0.1, 0.15) is 5.82 Å². The second kappa shape index (κ2) is 7.85. The lowest BCUT2D eigenvalue weighted by molar-refractivity contribution is 0.101. The molecule has 1 saturated heterocycles. The number of benzene rings is 1. The second-order valence-electron chi connectivity index (χ2n) is 6.98. The summed E-state index contributed by atoms with van der Waals surface area (Å²) < 4.78 is 14.3. The van der Waals surface area contributed by atoms with Crippen LogP contribution in [0.15, 0.2) is 18.2 Å². The molecule has 0 bridgehead atoms. The van der Waals surface area contributed by atoms with Gasteiger partial charge in [-0.15, -0.1) is 0 Å². The van der Waals surface area contributed by atoms with Gasteiger partial charge in [0.05, 0.1) is 5.69 Å². The SMILES string of the molecule is CC(=O)c1ccc(N2CCN(C(=O)NC3CCCCC3)CC2)c(F)c1. The fourth-order valence-electron chi connectivity index (χ4n) is 3.65. The number of hydrogen-bond acceptors (Lipinski definition) is 3. The molecular weight excluding hydrogens is 321 g/mol. The van der Waals surface area contributed by atoms with Crippen LogP contribution in [-0.2, 0) is 0 Å². The zero-order valence-corrected chi connectivity index (χ0v) is 14.8. The van der Waals surface area contributed by atoms with Crippen molar-refractivity contribution < 1.29 is 14.0 Å². The lowest BCUT2D eigenvalue weighted by atomic mass is 9.96. The number of carbonyl (C=O) groups excluding carboxylic acids is 2. The smallest absolute Gasteiger partial charge is 0.317 e. The van der Waals surface area contributed by atoms with Crippen LogP contribution in [0, 0.1) is 5.82 Å². The van der Waals surface area contributed by atoms with Crippen LogP contribution in [0.3, 0.4) is 0 Å². The minimum absolute atomic E-state index is 0.000973. The van der Waals surface area contributed by atoms with Crippen molar-refractivity contribution in [2.75, 3.05) is 31.1 Å². The molecule has 5 nitrogen and oxygen atoms in total. The first-order valence-electron chi connectivity index (χ1n) is 9.15. The highest BCUT2D eigenvalue weighted by molar-refractivity contribution is 5.94. The predicted molar refractivity (Wildman–Crippen MR) is 95.6 cm³/mol. The molecular formula is C19H26FN3O2. The first-order valence-corrected chi connectivity index (χ1v) is 9.15. The van der Waals surface area contributed by atoms with Crippen molar-refractivity contribution >= 4 is 17.5 Å². The zero-order chi connectivity index (χ0) is 17.8. The van der Waals surface area contributed by atoms with Gasteiger partial charge in [-0.2, -0.15) is 0 Å². The van der Waals surface area contributed by atoms with E-state index in [-0.39, 0.29) is 17.6 Å². The minimum Gasteiger partial charge on any atom is -0.366 e. The molecule has 25 heavy (non-hydrogen) atoms. The van der Waals surface area contributed by atoms with Crippen molar-refractivity contribution in [3.8, 4) is 0 Å². The lowest BCUT2D eigenvalue weighted by Gasteiger charge is -2.37. The van der Waals surface area contributed by atoms with Crippen LogP contribution in [-0.4, -0.2) is 48.9 Å². The third kappa shape index (κ3) is 4.30. The molecule has 0 unspecified atom stereocenters. The van der Waals surface area contributed by atoms with Gasteiger partial charge in [0.15, 0.2) is 5.78 Å². The Labute approximate surface area is 148 Å². The van der Waals surface area contributed by atoms with Gasteiger partial charge in [-0.3, -0.25) is 4.79 Å². The molecule has 6 heteroatoms. The highest BCUT2D eigenvalue weighted by atomic mass is 19.1. The van der Waals surface area contributed by atoms with Gasteiger partial charge in [-0.25, -0.2) is 9.18 Å². The Balaban J connectivity index is 1.54. The topological polar surface area (TPSA) is 52.7 Å². The second-order valence-corrected chi connectivity index (χ2v) is 6.98. The molecule has 1 aliphatic heterocycles. The maximum atomic E-state index is 14.3. The van der Waals surface area contributed by atoms with Gasteiger partial charge < -0.3 is 15.1 Å². The Bertz CT molecular complexity index is 636. The number of halogens is 1. The average molecular weight is 347 g/mol. The Kier molecular flexibility index (Phi) is 5.56. The molecule has 0 radical (unpaired) electrons. The fraction of sp³-hybridized carbons (Fsp3) is 0.579. The standard InChI is InChI=1S/C19H26FN3O2/c1-14(24)15-7-8-18(17(20)13-15)22-9-11-23(12-10-22)19(25)21-16-5-3-2-4-6-16/h7-8,13,16H,2-6,9-12H2,1H3,(H,21,25). The van der Waals surface area contributed by atoms with E-state index in [0.717, 1.165) is 12.8 Å². The van der Waals surface area contributed by atoms with Crippen LogP contribution < -0.4 is 10.2 Å². The first-order chi connectivity index (χ1) is 12.0. The summed E-state index contributed by atoms with van der Waals surface area (Å²) in [7, 11) is 0. The summed E-state index contributed by atoms with van der Waals surface area (Å²) in [6.45, 7) is 3.76. The van der Waals surface area contributed by atoms with Gasteiger partial charge in [0.2, 0.25) is 0 Å². The monoisotopic (exact) mass is 347 g/mol. The van der Waals surface area contributed by atoms with E-state index in [9.17, 15) is 14.0 Å². The maximum Gasteiger partial charge on any atom is 0.317 e. The molecule has 3 rings (SSSR count). The van der Waals surface area contributed by atoms with Gasteiger partial charge in [-0.05, 0) is 38.0 Å². The molecule has 1 saturated carbocycles. The van der Waals surface area contributed by atoms with Crippen molar-refractivity contribution in [3.63, 3.8) is 0 Å². The van der Waals surface area contributed by atoms with Gasteiger partial charge in [0.25, 0.3) is 0 Å². The largest absolute Gasteiger partial charge is 0.366 e. The van der Waals surface area contributed by atoms with Crippen molar-refractivity contribution in [2.45, 2.75) is 45.1 Å². The number of piperazine rings is 1. The van der Waals surface area contributed by atoms with E-state index in [2.05, 4.69) is 5.32 Å². The normalized spacial score (nSPS) is 19.0. The Morgan fingerprint density at radius 2 is 1.76 bits per heavy atom. The number of amides is 2. The summed E-state index contributed by atoms with van der Waals surface area (Å²) in [5.74, 6) is -0.525. The van der Waals surface area contributed by atoms with Gasteiger partial charge in [-0.1, -0.05) is 19.3 Å². The molecule has 136 valence electrons.